The van der Waals surface area contributed by atoms with Crippen molar-refractivity contribution in [2.45, 2.75) is 19.9 Å². The minimum absolute atomic E-state index is 0.619. The van der Waals surface area contributed by atoms with Crippen molar-refractivity contribution >= 4 is 10.9 Å². The molecule has 0 radical (unpaired) electrons. The Balaban J connectivity index is 2.04. The quantitative estimate of drug-likeness (QED) is 0.609. The third-order valence-electron chi connectivity index (χ3n) is 2.97. The third kappa shape index (κ3) is 3.52. The summed E-state index contributed by atoms with van der Waals surface area (Å²) in [5, 5.41) is 4.41. The van der Waals surface area contributed by atoms with Gasteiger partial charge in [-0.2, -0.15) is 0 Å². The maximum absolute atomic E-state index is 5.64. The summed E-state index contributed by atoms with van der Waals surface area (Å²) < 4.78 is 7.87. The lowest BCUT2D eigenvalue weighted by molar-refractivity contribution is 0.318. The highest BCUT2D eigenvalue weighted by Crippen LogP contribution is 2.22. The maximum atomic E-state index is 5.64. The summed E-state index contributed by atoms with van der Waals surface area (Å²) in [6.07, 6.45) is 8.33. The SMILES string of the molecule is C#CCNCCn1ccc2cc(OCCC)ccc21. The Bertz CT molecular complexity index is 566. The molecule has 0 fully saturated rings. The number of rotatable bonds is 7. The van der Waals surface area contributed by atoms with Crippen molar-refractivity contribution < 1.29 is 4.74 Å². The standard InChI is InChI=1S/C16H20N2O/c1-3-8-17-9-11-18-10-7-14-13-15(19-12-4-2)5-6-16(14)18/h1,5-7,10,13,17H,4,8-9,11-12H2,2H3. The number of hydrogen-bond acceptors (Lipinski definition) is 2. The Hall–Kier alpha value is -1.92. The highest BCUT2D eigenvalue weighted by Gasteiger charge is 2.02. The first-order valence-corrected chi connectivity index (χ1v) is 6.71. The van der Waals surface area contributed by atoms with Gasteiger partial charge in [0, 0.05) is 30.2 Å². The van der Waals surface area contributed by atoms with E-state index in [2.05, 4.69) is 47.1 Å². The maximum Gasteiger partial charge on any atom is 0.120 e. The van der Waals surface area contributed by atoms with E-state index in [4.69, 9.17) is 11.2 Å². The number of hydrogen-bond donors (Lipinski definition) is 1. The van der Waals surface area contributed by atoms with Crippen LogP contribution in [0.5, 0.6) is 5.75 Å². The number of benzene rings is 1. The minimum atomic E-state index is 0.619. The van der Waals surface area contributed by atoms with Crippen LogP contribution < -0.4 is 10.1 Å². The predicted octanol–water partition coefficient (Wildman–Crippen LogP) is 2.65. The monoisotopic (exact) mass is 256 g/mol. The van der Waals surface area contributed by atoms with E-state index in [0.717, 1.165) is 31.9 Å². The molecule has 2 rings (SSSR count). The molecule has 1 heterocycles. The summed E-state index contributed by atoms with van der Waals surface area (Å²) in [5.74, 6) is 3.52. The zero-order valence-electron chi connectivity index (χ0n) is 11.4. The van der Waals surface area contributed by atoms with Crippen molar-refractivity contribution in [1.29, 1.82) is 0 Å². The highest BCUT2D eigenvalue weighted by atomic mass is 16.5. The molecule has 0 amide bonds. The van der Waals surface area contributed by atoms with Crippen LogP contribution in [0.25, 0.3) is 10.9 Å². The van der Waals surface area contributed by atoms with Crippen LogP contribution in [0.15, 0.2) is 30.5 Å². The van der Waals surface area contributed by atoms with Crippen LogP contribution in [0, 0.1) is 12.3 Å². The van der Waals surface area contributed by atoms with E-state index in [9.17, 15) is 0 Å². The molecule has 1 aromatic carbocycles. The van der Waals surface area contributed by atoms with Gasteiger partial charge in [-0.3, -0.25) is 0 Å². The number of aromatic nitrogens is 1. The molecule has 3 heteroatoms. The first-order valence-electron chi connectivity index (χ1n) is 6.71. The number of terminal acetylenes is 1. The first-order chi connectivity index (χ1) is 9.35. The Morgan fingerprint density at radius 3 is 3.05 bits per heavy atom. The van der Waals surface area contributed by atoms with E-state index < -0.39 is 0 Å². The van der Waals surface area contributed by atoms with Gasteiger partial charge in [-0.05, 0) is 30.7 Å². The van der Waals surface area contributed by atoms with Gasteiger partial charge in [-0.1, -0.05) is 12.8 Å². The lowest BCUT2D eigenvalue weighted by Crippen LogP contribution is -2.19. The van der Waals surface area contributed by atoms with Crippen LogP contribution in [0.1, 0.15) is 13.3 Å². The summed E-state index contributed by atoms with van der Waals surface area (Å²) >= 11 is 0. The lowest BCUT2D eigenvalue weighted by atomic mass is 10.2. The second kappa shape index (κ2) is 6.86. The van der Waals surface area contributed by atoms with E-state index in [0.29, 0.717) is 6.54 Å². The van der Waals surface area contributed by atoms with E-state index in [1.54, 1.807) is 0 Å². The molecule has 3 nitrogen and oxygen atoms in total. The molecule has 19 heavy (non-hydrogen) atoms. The Morgan fingerprint density at radius 2 is 2.26 bits per heavy atom. The van der Waals surface area contributed by atoms with E-state index in [1.807, 2.05) is 6.07 Å². The van der Waals surface area contributed by atoms with Crippen molar-refractivity contribution in [3.05, 3.63) is 30.5 Å². The van der Waals surface area contributed by atoms with Crippen molar-refractivity contribution in [3.8, 4) is 18.1 Å². The van der Waals surface area contributed by atoms with Gasteiger partial charge in [0.25, 0.3) is 0 Å². The second-order valence-electron chi connectivity index (χ2n) is 4.46. The summed E-state index contributed by atoms with van der Waals surface area (Å²) in [4.78, 5) is 0. The smallest absolute Gasteiger partial charge is 0.120 e. The van der Waals surface area contributed by atoms with Gasteiger partial charge in [-0.15, -0.1) is 6.42 Å². The summed E-state index contributed by atoms with van der Waals surface area (Å²) in [7, 11) is 0. The first kappa shape index (κ1) is 13.5. The van der Waals surface area contributed by atoms with Crippen LogP contribution in [-0.2, 0) is 6.54 Å². The third-order valence-corrected chi connectivity index (χ3v) is 2.97. The predicted molar refractivity (Wildman–Crippen MR) is 79.4 cm³/mol. The number of nitrogens with one attached hydrogen (secondary N) is 1. The van der Waals surface area contributed by atoms with Crippen molar-refractivity contribution in [2.24, 2.45) is 0 Å². The lowest BCUT2D eigenvalue weighted by Gasteiger charge is -2.07. The molecule has 1 N–H and O–H groups in total. The van der Waals surface area contributed by atoms with Gasteiger partial charge in [-0.25, -0.2) is 0 Å². The minimum Gasteiger partial charge on any atom is -0.494 e. The van der Waals surface area contributed by atoms with E-state index >= 15 is 0 Å². The Kier molecular flexibility index (Phi) is 4.88. The average Bonchev–Trinajstić information content (AvgIpc) is 2.84. The van der Waals surface area contributed by atoms with Gasteiger partial charge in [0.2, 0.25) is 0 Å². The zero-order valence-corrected chi connectivity index (χ0v) is 11.4. The molecule has 1 aromatic heterocycles. The van der Waals surface area contributed by atoms with Crippen LogP contribution in [0.4, 0.5) is 0 Å². The van der Waals surface area contributed by atoms with Gasteiger partial charge in [0.1, 0.15) is 5.75 Å². The summed E-state index contributed by atoms with van der Waals surface area (Å²) in [6, 6.07) is 8.36. The largest absolute Gasteiger partial charge is 0.494 e. The van der Waals surface area contributed by atoms with Gasteiger partial charge in [0.15, 0.2) is 0 Å². The molecule has 0 spiro atoms. The fourth-order valence-corrected chi connectivity index (χ4v) is 2.04. The fourth-order valence-electron chi connectivity index (χ4n) is 2.04. The molecule has 0 aliphatic heterocycles. The van der Waals surface area contributed by atoms with Crippen LogP contribution in [0.3, 0.4) is 0 Å². The molecule has 0 atom stereocenters. The molecule has 0 bridgehead atoms. The summed E-state index contributed by atoms with van der Waals surface area (Å²) in [6.45, 7) is 5.29. The van der Waals surface area contributed by atoms with E-state index in [1.165, 1.54) is 10.9 Å². The van der Waals surface area contributed by atoms with Crippen LogP contribution in [0.2, 0.25) is 0 Å². The van der Waals surface area contributed by atoms with Crippen LogP contribution in [-0.4, -0.2) is 24.3 Å². The molecule has 100 valence electrons. The molecular formula is C16H20N2O. The van der Waals surface area contributed by atoms with E-state index in [-0.39, 0.29) is 0 Å². The Labute approximate surface area is 114 Å². The number of fused-ring (bicyclic) bond motifs is 1. The molecule has 0 aliphatic rings. The summed E-state index contributed by atoms with van der Waals surface area (Å²) in [5.41, 5.74) is 1.23. The molecule has 2 aromatic rings. The van der Waals surface area contributed by atoms with Crippen LogP contribution >= 0.6 is 0 Å². The van der Waals surface area contributed by atoms with Gasteiger partial charge < -0.3 is 14.6 Å². The average molecular weight is 256 g/mol. The highest BCUT2D eigenvalue weighted by molar-refractivity contribution is 5.81. The Morgan fingerprint density at radius 1 is 1.37 bits per heavy atom. The van der Waals surface area contributed by atoms with Gasteiger partial charge >= 0.3 is 0 Å². The molecule has 0 aliphatic carbocycles. The van der Waals surface area contributed by atoms with Crippen molar-refractivity contribution in [3.63, 3.8) is 0 Å². The number of ether oxygens (including phenoxy) is 1. The molecule has 0 unspecified atom stereocenters. The fraction of sp³-hybridized carbons (Fsp3) is 0.375. The molecule has 0 saturated heterocycles. The topological polar surface area (TPSA) is 26.2 Å². The van der Waals surface area contributed by atoms with Gasteiger partial charge in [0.05, 0.1) is 13.2 Å². The van der Waals surface area contributed by atoms with Crippen molar-refractivity contribution in [1.82, 2.24) is 9.88 Å². The number of nitrogens with zero attached hydrogens (tertiary/aromatic N) is 1. The molecule has 0 saturated carbocycles. The zero-order chi connectivity index (χ0) is 13.5. The normalized spacial score (nSPS) is 10.5. The molecular weight excluding hydrogens is 236 g/mol. The van der Waals surface area contributed by atoms with Crippen molar-refractivity contribution in [2.75, 3.05) is 19.7 Å². The second-order valence-corrected chi connectivity index (χ2v) is 4.46.